The minimum absolute atomic E-state index is 0.0158. The molecule has 158 valence electrons. The third-order valence-corrected chi connectivity index (χ3v) is 5.97. The van der Waals surface area contributed by atoms with Crippen molar-refractivity contribution in [2.75, 3.05) is 0 Å². The zero-order valence-corrected chi connectivity index (χ0v) is 18.5. The van der Waals surface area contributed by atoms with E-state index in [2.05, 4.69) is 31.4 Å². The van der Waals surface area contributed by atoms with Gasteiger partial charge in [-0.2, -0.15) is 0 Å². The van der Waals surface area contributed by atoms with Gasteiger partial charge in [0.15, 0.2) is 5.78 Å². The summed E-state index contributed by atoms with van der Waals surface area (Å²) in [5.41, 5.74) is 5.36. The van der Waals surface area contributed by atoms with E-state index in [4.69, 9.17) is 0 Å². The summed E-state index contributed by atoms with van der Waals surface area (Å²) in [5, 5.41) is 12.9. The first kappa shape index (κ1) is 20.8. The molecular formula is C26H26N2O3. The number of rotatable bonds is 4. The zero-order valence-electron chi connectivity index (χ0n) is 18.5. The van der Waals surface area contributed by atoms with Crippen LogP contribution in [0.3, 0.4) is 0 Å². The van der Waals surface area contributed by atoms with Gasteiger partial charge in [0.1, 0.15) is 0 Å². The van der Waals surface area contributed by atoms with Crippen LogP contribution in [-0.2, 0) is 12.0 Å². The molecule has 0 amide bonds. The summed E-state index contributed by atoms with van der Waals surface area (Å²) in [6.45, 7) is 11.2. The van der Waals surface area contributed by atoms with Crippen molar-refractivity contribution >= 4 is 33.3 Å². The lowest BCUT2D eigenvalue weighted by Gasteiger charge is -2.20. The number of aryl methyl sites for hydroxylation is 2. The summed E-state index contributed by atoms with van der Waals surface area (Å²) in [6, 6.07) is 16.6. The van der Waals surface area contributed by atoms with Gasteiger partial charge in [-0.05, 0) is 54.7 Å². The maximum absolute atomic E-state index is 13.3. The van der Waals surface area contributed by atoms with Crippen molar-refractivity contribution in [3.8, 4) is 0 Å². The van der Waals surface area contributed by atoms with E-state index >= 15 is 0 Å². The quantitative estimate of drug-likeness (QED) is 0.216. The fourth-order valence-electron chi connectivity index (χ4n) is 4.23. The van der Waals surface area contributed by atoms with Crippen molar-refractivity contribution in [1.29, 1.82) is 0 Å². The van der Waals surface area contributed by atoms with Crippen LogP contribution in [0.25, 0.3) is 21.8 Å². The average Bonchev–Trinajstić information content (AvgIpc) is 3.04. The fraction of sp³-hybridized carbons (Fsp3) is 0.269. The van der Waals surface area contributed by atoms with Crippen LogP contribution in [0.15, 0.2) is 54.6 Å². The minimum atomic E-state index is -0.385. The molecule has 31 heavy (non-hydrogen) atoms. The van der Waals surface area contributed by atoms with E-state index in [-0.39, 0.29) is 21.8 Å². The summed E-state index contributed by atoms with van der Waals surface area (Å²) < 4.78 is 2.12. The maximum atomic E-state index is 13.3. The van der Waals surface area contributed by atoms with Crippen molar-refractivity contribution in [1.82, 2.24) is 4.57 Å². The summed E-state index contributed by atoms with van der Waals surface area (Å²) in [5.74, 6) is -0.0392. The van der Waals surface area contributed by atoms with E-state index in [0.29, 0.717) is 11.1 Å². The SMILES string of the molecule is CCn1c2ccc(C(=O)c3ccc(C(C)(C)C)cc3C)cc2c2cc([N+](=O)[O-])ccc21. The van der Waals surface area contributed by atoms with Crippen LogP contribution in [0.4, 0.5) is 5.69 Å². The monoisotopic (exact) mass is 414 g/mol. The van der Waals surface area contributed by atoms with Crippen molar-refractivity contribution in [2.24, 2.45) is 0 Å². The Balaban J connectivity index is 1.87. The third-order valence-electron chi connectivity index (χ3n) is 5.97. The normalized spacial score (nSPS) is 11.9. The summed E-state index contributed by atoms with van der Waals surface area (Å²) in [6.07, 6.45) is 0. The van der Waals surface area contributed by atoms with Crippen LogP contribution < -0.4 is 0 Å². The molecule has 0 unspecified atom stereocenters. The molecule has 0 N–H and O–H groups in total. The molecule has 0 bridgehead atoms. The third kappa shape index (κ3) is 3.50. The molecule has 3 aromatic carbocycles. The molecule has 0 radical (unpaired) electrons. The number of nitro benzene ring substituents is 1. The predicted octanol–water partition coefficient (Wildman–Crippen LogP) is 6.56. The van der Waals surface area contributed by atoms with Gasteiger partial charge in [0.25, 0.3) is 5.69 Å². The second-order valence-electron chi connectivity index (χ2n) is 9.04. The van der Waals surface area contributed by atoms with E-state index in [1.165, 1.54) is 11.6 Å². The average molecular weight is 415 g/mol. The largest absolute Gasteiger partial charge is 0.341 e. The van der Waals surface area contributed by atoms with Gasteiger partial charge in [-0.3, -0.25) is 14.9 Å². The number of hydrogen-bond donors (Lipinski definition) is 0. The number of non-ortho nitro benzene ring substituents is 1. The number of benzene rings is 3. The Kier molecular flexibility index (Phi) is 4.92. The van der Waals surface area contributed by atoms with Gasteiger partial charge >= 0.3 is 0 Å². The van der Waals surface area contributed by atoms with Crippen LogP contribution in [0, 0.1) is 17.0 Å². The lowest BCUT2D eigenvalue weighted by atomic mass is 9.84. The Morgan fingerprint density at radius 3 is 2.19 bits per heavy atom. The van der Waals surface area contributed by atoms with Crippen molar-refractivity contribution in [3.05, 3.63) is 87.0 Å². The molecule has 0 aliphatic heterocycles. The highest BCUT2D eigenvalue weighted by Gasteiger charge is 2.19. The first-order valence-corrected chi connectivity index (χ1v) is 10.5. The Hall–Kier alpha value is -3.47. The number of aromatic nitrogens is 1. The number of nitrogens with zero attached hydrogens (tertiary/aromatic N) is 2. The lowest BCUT2D eigenvalue weighted by Crippen LogP contribution is -2.12. The van der Waals surface area contributed by atoms with Crippen molar-refractivity contribution < 1.29 is 9.72 Å². The topological polar surface area (TPSA) is 65.1 Å². The van der Waals surface area contributed by atoms with Gasteiger partial charge in [-0.15, -0.1) is 0 Å². The Labute approximate surface area is 181 Å². The standard InChI is InChI=1S/C26H26N2O3/c1-6-27-23-11-7-17(14-21(23)22-15-19(28(30)31)9-12-24(22)27)25(29)20-10-8-18(13-16(20)2)26(3,4)5/h7-15H,6H2,1-5H3. The van der Waals surface area contributed by atoms with E-state index in [0.717, 1.165) is 33.9 Å². The highest BCUT2D eigenvalue weighted by molar-refractivity contribution is 6.15. The summed E-state index contributed by atoms with van der Waals surface area (Å²) >= 11 is 0. The van der Waals surface area contributed by atoms with Crippen LogP contribution in [-0.4, -0.2) is 15.3 Å². The number of nitro groups is 1. The van der Waals surface area contributed by atoms with E-state index in [1.807, 2.05) is 44.2 Å². The molecule has 0 fully saturated rings. The molecule has 1 heterocycles. The molecule has 4 rings (SSSR count). The maximum Gasteiger partial charge on any atom is 0.270 e. The van der Waals surface area contributed by atoms with Gasteiger partial charge in [0, 0.05) is 51.6 Å². The molecule has 0 aliphatic carbocycles. The number of hydrogen-bond acceptors (Lipinski definition) is 3. The van der Waals surface area contributed by atoms with Crippen molar-refractivity contribution in [3.63, 3.8) is 0 Å². The molecule has 0 saturated carbocycles. The van der Waals surface area contributed by atoms with Gasteiger partial charge in [0.05, 0.1) is 4.92 Å². The first-order chi connectivity index (χ1) is 14.6. The number of carbonyl (C=O) groups is 1. The van der Waals surface area contributed by atoms with E-state index < -0.39 is 0 Å². The molecule has 4 aromatic rings. The molecule has 0 spiro atoms. The van der Waals surface area contributed by atoms with Crippen LogP contribution >= 0.6 is 0 Å². The first-order valence-electron chi connectivity index (χ1n) is 10.5. The molecular weight excluding hydrogens is 388 g/mol. The van der Waals surface area contributed by atoms with Crippen LogP contribution in [0.5, 0.6) is 0 Å². The highest BCUT2D eigenvalue weighted by atomic mass is 16.6. The molecule has 0 saturated heterocycles. The predicted molar refractivity (Wildman–Crippen MR) is 125 cm³/mol. The number of carbonyl (C=O) groups excluding carboxylic acids is 1. The van der Waals surface area contributed by atoms with E-state index in [1.54, 1.807) is 12.1 Å². The molecule has 0 atom stereocenters. The smallest absolute Gasteiger partial charge is 0.270 e. The van der Waals surface area contributed by atoms with E-state index in [9.17, 15) is 14.9 Å². The molecule has 0 aliphatic rings. The summed E-state index contributed by atoms with van der Waals surface area (Å²) in [4.78, 5) is 24.3. The summed E-state index contributed by atoms with van der Waals surface area (Å²) in [7, 11) is 0. The van der Waals surface area contributed by atoms with Gasteiger partial charge in [-0.1, -0.05) is 39.0 Å². The molecule has 5 nitrogen and oxygen atoms in total. The fourth-order valence-corrected chi connectivity index (χ4v) is 4.23. The van der Waals surface area contributed by atoms with Crippen LogP contribution in [0.1, 0.15) is 54.7 Å². The second-order valence-corrected chi connectivity index (χ2v) is 9.04. The highest BCUT2D eigenvalue weighted by Crippen LogP contribution is 2.33. The Morgan fingerprint density at radius 1 is 0.968 bits per heavy atom. The van der Waals surface area contributed by atoms with Gasteiger partial charge in [-0.25, -0.2) is 0 Å². The molecule has 1 aromatic heterocycles. The Morgan fingerprint density at radius 2 is 1.61 bits per heavy atom. The van der Waals surface area contributed by atoms with Crippen molar-refractivity contribution in [2.45, 2.75) is 46.6 Å². The van der Waals surface area contributed by atoms with Crippen LogP contribution in [0.2, 0.25) is 0 Å². The lowest BCUT2D eigenvalue weighted by molar-refractivity contribution is -0.384. The van der Waals surface area contributed by atoms with Gasteiger partial charge < -0.3 is 4.57 Å². The number of fused-ring (bicyclic) bond motifs is 3. The van der Waals surface area contributed by atoms with Gasteiger partial charge in [0.2, 0.25) is 0 Å². The second kappa shape index (κ2) is 7.34. The minimum Gasteiger partial charge on any atom is -0.341 e. The zero-order chi connectivity index (χ0) is 22.5. The Bertz CT molecular complexity index is 1360. The number of ketones is 1. The molecule has 5 heteroatoms.